The van der Waals surface area contributed by atoms with Crippen molar-refractivity contribution in [3.05, 3.63) is 29.3 Å². The first kappa shape index (κ1) is 11.3. The van der Waals surface area contributed by atoms with E-state index in [2.05, 4.69) is 0 Å². The summed E-state index contributed by atoms with van der Waals surface area (Å²) < 4.78 is 0. The molecule has 0 aromatic heterocycles. The number of rotatable bonds is 1. The van der Waals surface area contributed by atoms with Crippen LogP contribution in [-0.4, -0.2) is 34.4 Å². The number of carbonyl (C=O) groups excluding carboxylic acids is 1. The molecule has 1 heterocycles. The molecule has 1 aliphatic heterocycles. The molecule has 1 N–H and O–H groups in total. The second-order valence-electron chi connectivity index (χ2n) is 4.16. The van der Waals surface area contributed by atoms with Crippen molar-refractivity contribution in [1.29, 1.82) is 0 Å². The highest BCUT2D eigenvalue weighted by molar-refractivity contribution is 6.21. The molecule has 1 aromatic rings. The standard InChI is InChI=1S/C12H14ClNO2/c1-8-2-3-10(11(15)6-8)12(16)14-5-4-9(13)7-14/h2-3,6,9,15H,4-5,7H2,1H3. The van der Waals surface area contributed by atoms with Gasteiger partial charge in [0, 0.05) is 13.1 Å². The minimum Gasteiger partial charge on any atom is -0.507 e. The van der Waals surface area contributed by atoms with Crippen LogP contribution in [0.25, 0.3) is 0 Å². The number of hydrogen-bond donors (Lipinski definition) is 1. The van der Waals surface area contributed by atoms with Gasteiger partial charge in [0.15, 0.2) is 0 Å². The van der Waals surface area contributed by atoms with Crippen molar-refractivity contribution >= 4 is 17.5 Å². The lowest BCUT2D eigenvalue weighted by Crippen LogP contribution is -2.28. The summed E-state index contributed by atoms with van der Waals surface area (Å²) in [5.74, 6) is -0.0938. The van der Waals surface area contributed by atoms with Crippen molar-refractivity contribution in [3.8, 4) is 5.75 Å². The quantitative estimate of drug-likeness (QED) is 0.763. The molecule has 4 heteroatoms. The van der Waals surface area contributed by atoms with E-state index >= 15 is 0 Å². The number of aryl methyl sites for hydroxylation is 1. The van der Waals surface area contributed by atoms with Crippen molar-refractivity contribution in [1.82, 2.24) is 4.90 Å². The van der Waals surface area contributed by atoms with Crippen LogP contribution >= 0.6 is 11.6 Å². The molecule has 86 valence electrons. The van der Waals surface area contributed by atoms with Crippen molar-refractivity contribution < 1.29 is 9.90 Å². The fourth-order valence-corrected chi connectivity index (χ4v) is 2.16. The molecule has 0 saturated carbocycles. The summed E-state index contributed by atoms with van der Waals surface area (Å²) in [4.78, 5) is 13.7. The third-order valence-corrected chi connectivity index (χ3v) is 3.16. The van der Waals surface area contributed by atoms with Gasteiger partial charge >= 0.3 is 0 Å². The number of nitrogens with zero attached hydrogens (tertiary/aromatic N) is 1. The number of phenols is 1. The highest BCUT2D eigenvalue weighted by atomic mass is 35.5. The van der Waals surface area contributed by atoms with Gasteiger partial charge in [-0.1, -0.05) is 6.07 Å². The van der Waals surface area contributed by atoms with E-state index in [9.17, 15) is 9.90 Å². The lowest BCUT2D eigenvalue weighted by Gasteiger charge is -2.16. The number of benzene rings is 1. The Morgan fingerprint density at radius 3 is 2.88 bits per heavy atom. The monoisotopic (exact) mass is 239 g/mol. The minimum absolute atomic E-state index is 0.0385. The fraction of sp³-hybridized carbons (Fsp3) is 0.417. The average Bonchev–Trinajstić information content (AvgIpc) is 2.64. The zero-order valence-corrected chi connectivity index (χ0v) is 9.87. The molecular formula is C12H14ClNO2. The Bertz CT molecular complexity index is 419. The molecule has 0 radical (unpaired) electrons. The lowest BCUT2D eigenvalue weighted by atomic mass is 10.1. The number of aromatic hydroxyl groups is 1. The van der Waals surface area contributed by atoms with Gasteiger partial charge in [-0.05, 0) is 31.0 Å². The average molecular weight is 240 g/mol. The van der Waals surface area contributed by atoms with Gasteiger partial charge in [-0.2, -0.15) is 0 Å². The van der Waals surface area contributed by atoms with E-state index in [0.717, 1.165) is 12.0 Å². The minimum atomic E-state index is -0.138. The molecule has 0 spiro atoms. The SMILES string of the molecule is Cc1ccc(C(=O)N2CCC(Cl)C2)c(O)c1. The molecule has 1 atom stereocenters. The van der Waals surface area contributed by atoms with Crippen molar-refractivity contribution in [3.63, 3.8) is 0 Å². The third kappa shape index (κ3) is 2.14. The van der Waals surface area contributed by atoms with Gasteiger partial charge in [0.25, 0.3) is 5.91 Å². The predicted molar refractivity (Wildman–Crippen MR) is 63.0 cm³/mol. The van der Waals surface area contributed by atoms with E-state index < -0.39 is 0 Å². The summed E-state index contributed by atoms with van der Waals surface area (Å²) >= 11 is 5.95. The maximum Gasteiger partial charge on any atom is 0.257 e. The molecule has 1 amide bonds. The van der Waals surface area contributed by atoms with Crippen LogP contribution < -0.4 is 0 Å². The first-order valence-corrected chi connectivity index (χ1v) is 5.74. The van der Waals surface area contributed by atoms with Crippen LogP contribution in [-0.2, 0) is 0 Å². The second kappa shape index (κ2) is 4.34. The number of halogens is 1. The second-order valence-corrected chi connectivity index (χ2v) is 4.77. The van der Waals surface area contributed by atoms with Gasteiger partial charge in [-0.15, -0.1) is 11.6 Å². The number of alkyl halides is 1. The molecule has 1 aromatic carbocycles. The molecule has 16 heavy (non-hydrogen) atoms. The predicted octanol–water partition coefficient (Wildman–Crippen LogP) is 2.15. The smallest absolute Gasteiger partial charge is 0.257 e. The summed E-state index contributed by atoms with van der Waals surface area (Å²) in [7, 11) is 0. The maximum absolute atomic E-state index is 12.0. The van der Waals surface area contributed by atoms with E-state index in [0.29, 0.717) is 18.7 Å². The summed E-state index contributed by atoms with van der Waals surface area (Å²) in [5, 5.41) is 9.75. The van der Waals surface area contributed by atoms with Crippen LogP contribution in [0.1, 0.15) is 22.3 Å². The van der Waals surface area contributed by atoms with Crippen LogP contribution in [0.5, 0.6) is 5.75 Å². The molecule has 1 aliphatic rings. The van der Waals surface area contributed by atoms with Crippen molar-refractivity contribution in [2.24, 2.45) is 0 Å². The Morgan fingerprint density at radius 2 is 2.31 bits per heavy atom. The summed E-state index contributed by atoms with van der Waals surface area (Å²) in [6.45, 7) is 3.10. The van der Waals surface area contributed by atoms with Gasteiger partial charge in [0.2, 0.25) is 0 Å². The zero-order valence-electron chi connectivity index (χ0n) is 9.11. The maximum atomic E-state index is 12.0. The summed E-state index contributed by atoms with van der Waals surface area (Å²) in [5.41, 5.74) is 1.29. The number of phenolic OH excluding ortho intramolecular Hbond substituents is 1. The molecule has 1 fully saturated rings. The summed E-state index contributed by atoms with van der Waals surface area (Å²) in [6.07, 6.45) is 0.819. The Hall–Kier alpha value is -1.22. The molecule has 2 rings (SSSR count). The Balaban J connectivity index is 2.21. The van der Waals surface area contributed by atoms with Gasteiger partial charge in [0.1, 0.15) is 5.75 Å². The number of amides is 1. The number of carbonyl (C=O) groups is 1. The Morgan fingerprint density at radius 1 is 1.56 bits per heavy atom. The van der Waals surface area contributed by atoms with Gasteiger partial charge in [-0.3, -0.25) is 4.79 Å². The highest BCUT2D eigenvalue weighted by Crippen LogP contribution is 2.23. The van der Waals surface area contributed by atoms with Gasteiger partial charge in [0.05, 0.1) is 10.9 Å². The molecular weight excluding hydrogens is 226 g/mol. The lowest BCUT2D eigenvalue weighted by molar-refractivity contribution is 0.0790. The van der Waals surface area contributed by atoms with Crippen LogP contribution in [0.4, 0.5) is 0 Å². The van der Waals surface area contributed by atoms with Crippen LogP contribution in [0.15, 0.2) is 18.2 Å². The first-order valence-electron chi connectivity index (χ1n) is 5.31. The first-order chi connectivity index (χ1) is 7.58. The molecule has 1 saturated heterocycles. The van der Waals surface area contributed by atoms with Crippen LogP contribution in [0.2, 0.25) is 0 Å². The van der Waals surface area contributed by atoms with Crippen molar-refractivity contribution in [2.45, 2.75) is 18.7 Å². The normalized spacial score (nSPS) is 20.1. The molecule has 3 nitrogen and oxygen atoms in total. The largest absolute Gasteiger partial charge is 0.507 e. The Kier molecular flexibility index (Phi) is 3.06. The van der Waals surface area contributed by atoms with E-state index in [1.54, 1.807) is 17.0 Å². The summed E-state index contributed by atoms with van der Waals surface area (Å²) in [6, 6.07) is 5.08. The van der Waals surface area contributed by atoms with Crippen molar-refractivity contribution in [2.75, 3.05) is 13.1 Å². The van der Waals surface area contributed by atoms with Crippen LogP contribution in [0.3, 0.4) is 0 Å². The molecule has 0 bridgehead atoms. The Labute approximate surface area is 99.6 Å². The number of hydrogen-bond acceptors (Lipinski definition) is 2. The molecule has 1 unspecified atom stereocenters. The van der Waals surface area contributed by atoms with Gasteiger partial charge in [-0.25, -0.2) is 0 Å². The number of likely N-dealkylation sites (tertiary alicyclic amines) is 1. The fourth-order valence-electron chi connectivity index (χ4n) is 1.89. The topological polar surface area (TPSA) is 40.5 Å². The van der Waals surface area contributed by atoms with E-state index in [1.807, 2.05) is 13.0 Å². The molecule has 0 aliphatic carbocycles. The highest BCUT2D eigenvalue weighted by Gasteiger charge is 2.26. The zero-order chi connectivity index (χ0) is 11.7. The third-order valence-electron chi connectivity index (χ3n) is 2.80. The van der Waals surface area contributed by atoms with Crippen LogP contribution in [0, 0.1) is 6.92 Å². The van der Waals surface area contributed by atoms with Gasteiger partial charge < -0.3 is 10.0 Å². The van der Waals surface area contributed by atoms with E-state index in [-0.39, 0.29) is 17.0 Å². The van der Waals surface area contributed by atoms with E-state index in [4.69, 9.17) is 11.6 Å². The van der Waals surface area contributed by atoms with E-state index in [1.165, 1.54) is 0 Å².